The number of rotatable bonds is 4. The second-order valence-electron chi connectivity index (χ2n) is 4.87. The Hall–Kier alpha value is -0.630. The summed E-state index contributed by atoms with van der Waals surface area (Å²) in [6, 6.07) is -0.0527. The zero-order valence-electron chi connectivity index (χ0n) is 10.9. The molecule has 8 heteroatoms. The molecule has 1 aliphatic rings. The Labute approximate surface area is 120 Å². The third kappa shape index (κ3) is 3.68. The highest BCUT2D eigenvalue weighted by atomic mass is 35.5. The zero-order chi connectivity index (χ0) is 13.2. The molecule has 2 unspecified atom stereocenters. The van der Waals surface area contributed by atoms with Gasteiger partial charge in [-0.05, 0) is 32.2 Å². The molecule has 0 saturated heterocycles. The molecule has 1 aromatic rings. The number of aromatic nitrogens is 2. The van der Waals surface area contributed by atoms with Crippen LogP contribution in [0.15, 0.2) is 11.1 Å². The fourth-order valence-corrected chi connectivity index (χ4v) is 3.99. The first-order chi connectivity index (χ1) is 8.54. The van der Waals surface area contributed by atoms with Crippen LogP contribution in [-0.2, 0) is 10.0 Å². The van der Waals surface area contributed by atoms with E-state index in [4.69, 9.17) is 5.73 Å². The summed E-state index contributed by atoms with van der Waals surface area (Å²) < 4.78 is 27.2. The summed E-state index contributed by atoms with van der Waals surface area (Å²) in [4.78, 5) is 0.226. The highest BCUT2D eigenvalue weighted by Gasteiger charge is 2.29. The third-order valence-corrected chi connectivity index (χ3v) is 5.20. The van der Waals surface area contributed by atoms with Gasteiger partial charge in [0.1, 0.15) is 4.90 Å². The lowest BCUT2D eigenvalue weighted by molar-refractivity contribution is 0.296. The van der Waals surface area contributed by atoms with Crippen LogP contribution < -0.4 is 10.5 Å². The normalized spacial score (nSPS) is 23.9. The molecule has 2 rings (SSSR count). The number of hydrogen-bond donors (Lipinski definition) is 3. The Morgan fingerprint density at radius 2 is 2.16 bits per heavy atom. The van der Waals surface area contributed by atoms with E-state index < -0.39 is 10.0 Å². The number of aromatic amines is 1. The molecule has 0 amide bonds. The van der Waals surface area contributed by atoms with Gasteiger partial charge in [0.15, 0.2) is 0 Å². The van der Waals surface area contributed by atoms with Crippen molar-refractivity contribution in [1.29, 1.82) is 0 Å². The van der Waals surface area contributed by atoms with Gasteiger partial charge in [0.2, 0.25) is 10.0 Å². The van der Waals surface area contributed by atoms with Gasteiger partial charge in [-0.15, -0.1) is 12.4 Å². The minimum atomic E-state index is -3.49. The van der Waals surface area contributed by atoms with Crippen molar-refractivity contribution in [2.75, 3.05) is 6.54 Å². The first-order valence-electron chi connectivity index (χ1n) is 6.27. The molecule has 110 valence electrons. The van der Waals surface area contributed by atoms with E-state index in [2.05, 4.69) is 14.9 Å². The van der Waals surface area contributed by atoms with Crippen molar-refractivity contribution in [3.8, 4) is 0 Å². The molecular formula is C11H21ClN4O2S. The number of hydrogen-bond acceptors (Lipinski definition) is 4. The minimum absolute atomic E-state index is 0. The van der Waals surface area contributed by atoms with Crippen LogP contribution in [0.3, 0.4) is 0 Å². The van der Waals surface area contributed by atoms with Gasteiger partial charge in [-0.25, -0.2) is 13.1 Å². The molecule has 1 heterocycles. The van der Waals surface area contributed by atoms with Crippen molar-refractivity contribution in [2.45, 2.75) is 43.5 Å². The molecule has 1 saturated carbocycles. The van der Waals surface area contributed by atoms with E-state index >= 15 is 0 Å². The van der Waals surface area contributed by atoms with Crippen LogP contribution in [0.5, 0.6) is 0 Å². The molecule has 2 atom stereocenters. The van der Waals surface area contributed by atoms with Crippen LogP contribution in [0.4, 0.5) is 0 Å². The number of halogens is 1. The van der Waals surface area contributed by atoms with Gasteiger partial charge in [0.25, 0.3) is 0 Å². The summed E-state index contributed by atoms with van der Waals surface area (Å²) >= 11 is 0. The van der Waals surface area contributed by atoms with Gasteiger partial charge in [-0.1, -0.05) is 12.8 Å². The Kier molecular flexibility index (Phi) is 5.79. The maximum absolute atomic E-state index is 12.2. The van der Waals surface area contributed by atoms with E-state index in [1.165, 1.54) is 6.20 Å². The summed E-state index contributed by atoms with van der Waals surface area (Å²) in [6.45, 7) is 2.22. The molecule has 0 aromatic carbocycles. The second-order valence-corrected chi connectivity index (χ2v) is 6.55. The molecule has 6 nitrogen and oxygen atoms in total. The number of nitrogens with one attached hydrogen (secondary N) is 2. The summed E-state index contributed by atoms with van der Waals surface area (Å²) in [6.07, 6.45) is 5.38. The van der Waals surface area contributed by atoms with Gasteiger partial charge in [0.05, 0.1) is 11.9 Å². The maximum atomic E-state index is 12.2. The van der Waals surface area contributed by atoms with Crippen molar-refractivity contribution in [3.63, 3.8) is 0 Å². The summed E-state index contributed by atoms with van der Waals surface area (Å²) in [5, 5.41) is 6.39. The Morgan fingerprint density at radius 1 is 1.47 bits per heavy atom. The fraction of sp³-hybridized carbons (Fsp3) is 0.727. The van der Waals surface area contributed by atoms with Crippen LogP contribution >= 0.6 is 12.4 Å². The fourth-order valence-electron chi connectivity index (χ4n) is 2.52. The van der Waals surface area contributed by atoms with Crippen LogP contribution in [0.2, 0.25) is 0 Å². The van der Waals surface area contributed by atoms with Gasteiger partial charge in [0, 0.05) is 6.04 Å². The van der Waals surface area contributed by atoms with Crippen LogP contribution in [0, 0.1) is 12.8 Å². The Bertz CT molecular complexity index is 503. The molecule has 1 fully saturated rings. The maximum Gasteiger partial charge on any atom is 0.244 e. The molecule has 1 aromatic heterocycles. The highest BCUT2D eigenvalue weighted by molar-refractivity contribution is 7.89. The molecule has 0 spiro atoms. The average Bonchev–Trinajstić information content (AvgIpc) is 2.76. The molecular weight excluding hydrogens is 288 g/mol. The first-order valence-corrected chi connectivity index (χ1v) is 7.75. The SMILES string of the molecule is Cc1[nH]ncc1S(=O)(=O)NC1CCCCC1CN.Cl. The predicted molar refractivity (Wildman–Crippen MR) is 75.7 cm³/mol. The van der Waals surface area contributed by atoms with Crippen molar-refractivity contribution < 1.29 is 8.42 Å². The minimum Gasteiger partial charge on any atom is -0.330 e. The van der Waals surface area contributed by atoms with Crippen molar-refractivity contribution in [1.82, 2.24) is 14.9 Å². The van der Waals surface area contributed by atoms with Crippen LogP contribution in [0.25, 0.3) is 0 Å². The third-order valence-electron chi connectivity index (χ3n) is 3.59. The molecule has 19 heavy (non-hydrogen) atoms. The van der Waals surface area contributed by atoms with Gasteiger partial charge >= 0.3 is 0 Å². The monoisotopic (exact) mass is 308 g/mol. The molecule has 0 bridgehead atoms. The summed E-state index contributed by atoms with van der Waals surface area (Å²) in [5.41, 5.74) is 6.27. The lowest BCUT2D eigenvalue weighted by Crippen LogP contribution is -2.44. The highest BCUT2D eigenvalue weighted by Crippen LogP contribution is 2.25. The number of nitrogens with zero attached hydrogens (tertiary/aromatic N) is 1. The van der Waals surface area contributed by atoms with E-state index in [1.54, 1.807) is 6.92 Å². The lowest BCUT2D eigenvalue weighted by atomic mass is 9.85. The van der Waals surface area contributed by atoms with Crippen molar-refractivity contribution in [2.24, 2.45) is 11.7 Å². The second kappa shape index (κ2) is 6.69. The number of nitrogens with two attached hydrogens (primary N) is 1. The molecule has 1 aliphatic carbocycles. The number of H-pyrrole nitrogens is 1. The largest absolute Gasteiger partial charge is 0.330 e. The average molecular weight is 309 g/mol. The molecule has 4 N–H and O–H groups in total. The predicted octanol–water partition coefficient (Wildman–Crippen LogP) is 0.936. The van der Waals surface area contributed by atoms with Crippen LogP contribution in [0.1, 0.15) is 31.4 Å². The van der Waals surface area contributed by atoms with Gasteiger partial charge < -0.3 is 5.73 Å². The Balaban J connectivity index is 0.00000180. The zero-order valence-corrected chi connectivity index (χ0v) is 12.6. The number of aryl methyl sites for hydroxylation is 1. The van der Waals surface area contributed by atoms with Gasteiger partial charge in [-0.3, -0.25) is 5.10 Å². The Morgan fingerprint density at radius 3 is 2.74 bits per heavy atom. The standard InChI is InChI=1S/C11H20N4O2S.ClH/c1-8-11(7-13-14-8)18(16,17)15-10-5-3-2-4-9(10)6-12;/h7,9-10,15H,2-6,12H2,1H3,(H,13,14);1H. The summed E-state index contributed by atoms with van der Waals surface area (Å²) in [5.74, 6) is 0.237. The van der Waals surface area contributed by atoms with E-state index in [0.29, 0.717) is 12.2 Å². The van der Waals surface area contributed by atoms with Crippen LogP contribution in [-0.4, -0.2) is 31.2 Å². The van der Waals surface area contributed by atoms with E-state index in [0.717, 1.165) is 25.7 Å². The quantitative estimate of drug-likeness (QED) is 0.770. The topological polar surface area (TPSA) is 101 Å². The molecule has 0 aliphatic heterocycles. The van der Waals surface area contributed by atoms with E-state index in [9.17, 15) is 8.42 Å². The van der Waals surface area contributed by atoms with E-state index in [1.807, 2.05) is 0 Å². The smallest absolute Gasteiger partial charge is 0.244 e. The van der Waals surface area contributed by atoms with Gasteiger partial charge in [-0.2, -0.15) is 5.10 Å². The van der Waals surface area contributed by atoms with Crippen molar-refractivity contribution in [3.05, 3.63) is 11.9 Å². The lowest BCUT2D eigenvalue weighted by Gasteiger charge is -2.30. The summed E-state index contributed by atoms with van der Waals surface area (Å²) in [7, 11) is -3.49. The van der Waals surface area contributed by atoms with E-state index in [-0.39, 0.29) is 29.3 Å². The first kappa shape index (κ1) is 16.4. The molecule has 0 radical (unpaired) electrons. The van der Waals surface area contributed by atoms with Crippen molar-refractivity contribution >= 4 is 22.4 Å². The number of sulfonamides is 1.